The van der Waals surface area contributed by atoms with Crippen molar-refractivity contribution in [1.82, 2.24) is 0 Å². The van der Waals surface area contributed by atoms with Gasteiger partial charge in [0.15, 0.2) is 5.03 Å². The highest BCUT2D eigenvalue weighted by molar-refractivity contribution is 7.99. The number of H-pyrrole nitrogens is 1. The summed E-state index contributed by atoms with van der Waals surface area (Å²) in [5.74, 6) is 0.937. The van der Waals surface area contributed by atoms with E-state index in [-0.39, 0.29) is 28.6 Å². The van der Waals surface area contributed by atoms with Gasteiger partial charge in [0.1, 0.15) is 34.8 Å². The van der Waals surface area contributed by atoms with Gasteiger partial charge in [-0.25, -0.2) is 4.98 Å². The summed E-state index contributed by atoms with van der Waals surface area (Å²) in [6.07, 6.45) is 0. The maximum Gasteiger partial charge on any atom is 0.289 e. The highest BCUT2D eigenvalue weighted by Gasteiger charge is 2.16. The van der Waals surface area contributed by atoms with E-state index < -0.39 is 0 Å². The normalized spacial score (nSPS) is 9.69. The first-order valence-electron chi connectivity index (χ1n) is 7.33. The molecule has 0 saturated carbocycles. The zero-order valence-electron chi connectivity index (χ0n) is 14.1. The summed E-state index contributed by atoms with van der Waals surface area (Å²) in [6.45, 7) is 0. The molecule has 0 atom stereocenters. The summed E-state index contributed by atoms with van der Waals surface area (Å²) in [5.41, 5.74) is 6.62. The fraction of sp³-hybridized carbons (Fsp3) is 0.176. The molecule has 0 aliphatic rings. The van der Waals surface area contributed by atoms with Crippen LogP contribution in [0.5, 0.6) is 11.5 Å². The SMILES string of the molecule is COc1ccc(OC)c(NC(=O)CSc2[nH+]c(N)c(C#N)cc2C#N)c1. The molecule has 0 radical (unpaired) electrons. The predicted octanol–water partition coefficient (Wildman–Crippen LogP) is 1.57. The molecule has 0 spiro atoms. The molecule has 1 aromatic carbocycles. The van der Waals surface area contributed by atoms with Gasteiger partial charge in [0.25, 0.3) is 5.82 Å². The van der Waals surface area contributed by atoms with E-state index >= 15 is 0 Å². The van der Waals surface area contributed by atoms with Gasteiger partial charge in [-0.2, -0.15) is 10.5 Å². The first-order valence-corrected chi connectivity index (χ1v) is 8.31. The number of aromatic nitrogens is 1. The van der Waals surface area contributed by atoms with Gasteiger partial charge in [-0.1, -0.05) is 11.8 Å². The third-order valence-electron chi connectivity index (χ3n) is 3.34. The van der Waals surface area contributed by atoms with Crippen molar-refractivity contribution in [2.24, 2.45) is 0 Å². The van der Waals surface area contributed by atoms with E-state index in [0.29, 0.717) is 22.2 Å². The van der Waals surface area contributed by atoms with Crippen LogP contribution in [0.4, 0.5) is 11.5 Å². The molecule has 132 valence electrons. The molecule has 9 heteroatoms. The molecular weight excluding hydrogens is 354 g/mol. The van der Waals surface area contributed by atoms with E-state index in [1.54, 1.807) is 18.2 Å². The van der Waals surface area contributed by atoms with E-state index in [1.165, 1.54) is 20.3 Å². The topological polar surface area (TPSA) is 135 Å². The summed E-state index contributed by atoms with van der Waals surface area (Å²) in [7, 11) is 3.03. The maximum absolute atomic E-state index is 12.3. The van der Waals surface area contributed by atoms with Gasteiger partial charge in [0, 0.05) is 6.07 Å². The Balaban J connectivity index is 2.12. The first kappa shape index (κ1) is 18.9. The van der Waals surface area contributed by atoms with Crippen LogP contribution in [0.2, 0.25) is 0 Å². The minimum absolute atomic E-state index is 0.0247. The lowest BCUT2D eigenvalue weighted by Crippen LogP contribution is -2.20. The zero-order chi connectivity index (χ0) is 19.1. The number of nitrogens with two attached hydrogens (primary N) is 1. The number of nitrogen functional groups attached to an aromatic ring is 1. The van der Waals surface area contributed by atoms with Gasteiger partial charge < -0.3 is 14.8 Å². The molecule has 0 fully saturated rings. The standard InChI is InChI=1S/C17H15N5O3S/c1-24-12-3-4-14(25-2)13(6-12)21-15(23)9-26-17-11(8-19)5-10(7-18)16(20)22-17/h3-6H,9H2,1-2H3,(H2,20,22)(H,21,23)/p+1. The number of carbonyl (C=O) groups excluding carboxylic acids is 1. The van der Waals surface area contributed by atoms with Crippen LogP contribution in [-0.2, 0) is 4.79 Å². The Kier molecular flexibility index (Phi) is 6.25. The number of benzene rings is 1. The van der Waals surface area contributed by atoms with Crippen LogP contribution in [-0.4, -0.2) is 25.9 Å². The number of carbonyl (C=O) groups is 1. The van der Waals surface area contributed by atoms with Crippen molar-refractivity contribution in [3.63, 3.8) is 0 Å². The first-order chi connectivity index (χ1) is 12.5. The Morgan fingerprint density at radius 2 is 1.96 bits per heavy atom. The van der Waals surface area contributed by atoms with E-state index in [1.807, 2.05) is 12.1 Å². The van der Waals surface area contributed by atoms with Gasteiger partial charge in [-0.05, 0) is 18.2 Å². The van der Waals surface area contributed by atoms with Crippen molar-refractivity contribution in [3.8, 4) is 23.6 Å². The van der Waals surface area contributed by atoms with Gasteiger partial charge >= 0.3 is 0 Å². The summed E-state index contributed by atoms with van der Waals surface area (Å²) < 4.78 is 10.3. The predicted molar refractivity (Wildman–Crippen MR) is 95.7 cm³/mol. The van der Waals surface area contributed by atoms with Gasteiger partial charge in [0.05, 0.1) is 25.7 Å². The molecule has 0 aliphatic carbocycles. The van der Waals surface area contributed by atoms with Crippen molar-refractivity contribution in [2.75, 3.05) is 31.0 Å². The molecular formula is C17H16N5O3S+. The molecule has 0 unspecified atom stereocenters. The van der Waals surface area contributed by atoms with Crippen LogP contribution in [0.3, 0.4) is 0 Å². The Morgan fingerprint density at radius 3 is 2.58 bits per heavy atom. The lowest BCUT2D eigenvalue weighted by Gasteiger charge is -2.11. The van der Waals surface area contributed by atoms with Crippen LogP contribution in [0.25, 0.3) is 0 Å². The van der Waals surface area contributed by atoms with Crippen molar-refractivity contribution in [3.05, 3.63) is 35.4 Å². The molecule has 0 saturated heterocycles. The maximum atomic E-state index is 12.3. The molecule has 8 nitrogen and oxygen atoms in total. The Hall–Kier alpha value is -3.43. The number of rotatable bonds is 6. The van der Waals surface area contributed by atoms with Crippen molar-refractivity contribution in [1.29, 1.82) is 10.5 Å². The number of amides is 1. The average molecular weight is 370 g/mol. The average Bonchev–Trinajstić information content (AvgIpc) is 2.66. The van der Waals surface area contributed by atoms with E-state index in [0.717, 1.165) is 11.8 Å². The highest BCUT2D eigenvalue weighted by Crippen LogP contribution is 2.29. The number of hydrogen-bond acceptors (Lipinski definition) is 7. The number of thioether (sulfide) groups is 1. The lowest BCUT2D eigenvalue weighted by molar-refractivity contribution is -0.410. The molecule has 1 amide bonds. The van der Waals surface area contributed by atoms with E-state index in [2.05, 4.69) is 10.3 Å². The Bertz CT molecular complexity index is 918. The molecule has 4 N–H and O–H groups in total. The van der Waals surface area contributed by atoms with Crippen LogP contribution in [0.15, 0.2) is 29.3 Å². The fourth-order valence-corrected chi connectivity index (χ4v) is 2.86. The van der Waals surface area contributed by atoms with Gasteiger partial charge in [-0.3, -0.25) is 10.5 Å². The summed E-state index contributed by atoms with van der Waals surface area (Å²) in [4.78, 5) is 15.0. The summed E-state index contributed by atoms with van der Waals surface area (Å²) in [5, 5.41) is 21.3. The minimum atomic E-state index is -0.304. The fourth-order valence-electron chi connectivity index (χ4n) is 2.07. The van der Waals surface area contributed by atoms with Crippen molar-refractivity contribution < 1.29 is 19.3 Å². The van der Waals surface area contributed by atoms with Crippen molar-refractivity contribution in [2.45, 2.75) is 5.03 Å². The molecule has 0 aliphatic heterocycles. The quantitative estimate of drug-likeness (QED) is 0.737. The van der Waals surface area contributed by atoms with Crippen LogP contribution < -0.4 is 25.5 Å². The number of nitrogens with zero attached hydrogens (tertiary/aromatic N) is 2. The second-order valence-electron chi connectivity index (χ2n) is 4.97. The molecule has 1 heterocycles. The number of hydrogen-bond donors (Lipinski definition) is 2. The molecule has 2 rings (SSSR count). The van der Waals surface area contributed by atoms with Crippen LogP contribution in [0, 0.1) is 22.7 Å². The number of nitrogens with one attached hydrogen (secondary N) is 2. The Morgan fingerprint density at radius 1 is 1.23 bits per heavy atom. The third kappa shape index (κ3) is 4.35. The number of aromatic amines is 1. The molecule has 1 aromatic heterocycles. The smallest absolute Gasteiger partial charge is 0.289 e. The number of pyridine rings is 1. The molecule has 26 heavy (non-hydrogen) atoms. The lowest BCUT2D eigenvalue weighted by atomic mass is 10.2. The van der Waals surface area contributed by atoms with E-state index in [9.17, 15) is 10.1 Å². The third-order valence-corrected chi connectivity index (χ3v) is 4.36. The summed E-state index contributed by atoms with van der Waals surface area (Å²) >= 11 is 1.10. The van der Waals surface area contributed by atoms with Crippen LogP contribution >= 0.6 is 11.8 Å². The number of anilines is 2. The number of ether oxygens (including phenoxy) is 2. The zero-order valence-corrected chi connectivity index (χ0v) is 14.9. The monoisotopic (exact) mass is 370 g/mol. The number of methoxy groups -OCH3 is 2. The van der Waals surface area contributed by atoms with Crippen molar-refractivity contribution >= 4 is 29.2 Å². The summed E-state index contributed by atoms with van der Waals surface area (Å²) in [6, 6.07) is 10.3. The van der Waals surface area contributed by atoms with E-state index in [4.69, 9.17) is 20.5 Å². The minimum Gasteiger partial charge on any atom is -0.497 e. The number of nitriles is 2. The molecule has 2 aromatic rings. The van der Waals surface area contributed by atoms with Gasteiger partial charge in [0.2, 0.25) is 5.91 Å². The second kappa shape index (κ2) is 8.60. The second-order valence-corrected chi connectivity index (χ2v) is 5.95. The molecule has 0 bridgehead atoms. The van der Waals surface area contributed by atoms with Crippen LogP contribution in [0.1, 0.15) is 11.1 Å². The largest absolute Gasteiger partial charge is 0.497 e. The Labute approximate surface area is 154 Å². The van der Waals surface area contributed by atoms with Gasteiger partial charge in [-0.15, -0.1) is 0 Å². The highest BCUT2D eigenvalue weighted by atomic mass is 32.2.